The number of hydrogen-bond donors (Lipinski definition) is 0. The largest absolute Gasteiger partial charge is 0.0561 e. The van der Waals surface area contributed by atoms with Gasteiger partial charge in [0.15, 0.2) is 0 Å². The highest BCUT2D eigenvalue weighted by atomic mass is 14.4. The molecule has 0 aliphatic carbocycles. The molecule has 0 heteroatoms. The van der Waals surface area contributed by atoms with E-state index in [-0.39, 0.29) is 32.5 Å². The van der Waals surface area contributed by atoms with Crippen LogP contribution in [-0.2, 0) is 32.5 Å². The van der Waals surface area contributed by atoms with E-state index in [1.807, 2.05) is 0 Å². The van der Waals surface area contributed by atoms with E-state index < -0.39 is 0 Å². The monoisotopic (exact) mass is 1240 g/mol. The summed E-state index contributed by atoms with van der Waals surface area (Å²) in [6.07, 6.45) is 0. The topological polar surface area (TPSA) is 0 Å². The molecule has 96 heavy (non-hydrogen) atoms. The Bertz CT molecular complexity index is 6050. The normalized spacial score (nSPS) is 14.4. The summed E-state index contributed by atoms with van der Waals surface area (Å²) in [5, 5.41) is 47.9. The highest BCUT2D eigenvalue weighted by molar-refractivity contribution is 6.63. The van der Waals surface area contributed by atoms with Gasteiger partial charge in [0, 0.05) is 0 Å². The van der Waals surface area contributed by atoms with Gasteiger partial charge in [0.2, 0.25) is 0 Å². The fourth-order valence-electron chi connectivity index (χ4n) is 20.0. The Balaban J connectivity index is 1.07. The molecule has 0 nitrogen and oxygen atoms in total. The maximum atomic E-state index is 2.64. The molecule has 470 valence electrons. The summed E-state index contributed by atoms with van der Waals surface area (Å²) >= 11 is 0. The maximum Gasteiger partial charge on any atom is -0.0000476 e. The van der Waals surface area contributed by atoms with Crippen LogP contribution in [0, 0.1) is 27.7 Å². The Morgan fingerprint density at radius 1 is 0.146 bits per heavy atom. The smallest absolute Gasteiger partial charge is 0.0000476 e. The van der Waals surface area contributed by atoms with Crippen LogP contribution in [-0.4, -0.2) is 0 Å². The molecule has 0 atom stereocenters. The van der Waals surface area contributed by atoms with Gasteiger partial charge >= 0.3 is 0 Å². The van der Waals surface area contributed by atoms with Crippen LogP contribution in [0.15, 0.2) is 121 Å². The number of fused-ring (bicyclic) bond motifs is 6. The molecule has 0 N–H and O–H groups in total. The molecule has 0 aliphatic rings. The van der Waals surface area contributed by atoms with Crippen molar-refractivity contribution in [2.24, 2.45) is 0 Å². The number of hydrogen-bond acceptors (Lipinski definition) is 0. The van der Waals surface area contributed by atoms with Crippen molar-refractivity contribution in [1.29, 1.82) is 0 Å². The Morgan fingerprint density at radius 2 is 0.292 bits per heavy atom. The average molecular weight is 1240 g/mol. The van der Waals surface area contributed by atoms with Crippen molar-refractivity contribution in [1.82, 2.24) is 0 Å². The zero-order chi connectivity index (χ0) is 66.9. The van der Waals surface area contributed by atoms with E-state index in [1.54, 1.807) is 0 Å². The van der Waals surface area contributed by atoms with Crippen molar-refractivity contribution in [2.75, 3.05) is 0 Å². The van der Waals surface area contributed by atoms with Crippen LogP contribution < -0.4 is 0 Å². The van der Waals surface area contributed by atoms with Crippen molar-refractivity contribution in [3.63, 3.8) is 0 Å². The van der Waals surface area contributed by atoms with Crippen LogP contribution in [0.1, 0.15) is 180 Å². The summed E-state index contributed by atoms with van der Waals surface area (Å²) in [7, 11) is 0. The summed E-state index contributed by atoms with van der Waals surface area (Å²) in [6.45, 7) is 52.9. The molecule has 0 heterocycles. The van der Waals surface area contributed by atoms with Crippen LogP contribution in [0.2, 0.25) is 0 Å². The zero-order valence-corrected chi connectivity index (χ0v) is 60.5. The number of benzene rings is 20. The fraction of sp³-hybridized carbons (Fsp3) is 0.292. The third-order valence-electron chi connectivity index (χ3n) is 24.7. The molecule has 0 saturated heterocycles. The molecule has 0 spiro atoms. The minimum absolute atomic E-state index is 0.0199. The summed E-state index contributed by atoms with van der Waals surface area (Å²) in [4.78, 5) is 0. The molecule has 0 saturated carbocycles. The SMILES string of the molecule is Cc1cc(C(C)(C)C)cc(C)c1-c1c2cc(C(C)(C)C)cc3c4ccc5c6ccc7c8cc(C(C)(C)C)cc9c(-c%10c(C)cc(C(C)(C)C)cc%10C)c%10cc(C(C)(C)C)cc%11c%12ccc%13c%14ccc%15c%16cc(C(C)(C)C)cc1c%16c(c23)c1c4c5c(c%14c%151)c1c6c7c(c%12c%131)c(c98)c%10%11. The van der Waals surface area contributed by atoms with Gasteiger partial charge in [-0.3, -0.25) is 0 Å². The number of rotatable bonds is 2. The lowest BCUT2D eigenvalue weighted by Crippen LogP contribution is -2.13. The van der Waals surface area contributed by atoms with Gasteiger partial charge in [0.1, 0.15) is 0 Å². The van der Waals surface area contributed by atoms with E-state index in [2.05, 4.69) is 274 Å². The molecule has 0 aliphatic heterocycles. The second-order valence-corrected chi connectivity index (χ2v) is 36.9. The van der Waals surface area contributed by atoms with E-state index >= 15 is 0 Å². The van der Waals surface area contributed by atoms with Crippen molar-refractivity contribution in [2.45, 2.75) is 185 Å². The standard InChI is InChI=1S/C96H86/c1-43-31-47(91(5,6)7)32-44(2)69(43)75-65-39-49(93(11,12)13)35-61-57-27-23-53-55-25-29-59-63-37-51(95(17,18)19)41-67-73(63)86-74-64(38-52(96(20,21)22)42-68(74)76(67)70-45(3)33-48(34-46(70)4)92(8,9)10)60-30-26-56-54-24-28-58-62-36-50(94(14,15)16)40-66(75)72(62)85(71(61)65)87-81(57)77(53)89(78(54)82(58)87)90-79(55)83(59)88(86)84(60)80(56)90/h23-42H,1-22H3. The zero-order valence-electron chi connectivity index (χ0n) is 60.5. The second kappa shape index (κ2) is 17.1. The minimum Gasteiger partial charge on any atom is -0.0561 e. The van der Waals surface area contributed by atoms with Gasteiger partial charge in [-0.15, -0.1) is 0 Å². The predicted molar refractivity (Wildman–Crippen MR) is 427 cm³/mol. The van der Waals surface area contributed by atoms with E-state index in [9.17, 15) is 0 Å². The molecule has 20 aromatic carbocycles. The van der Waals surface area contributed by atoms with Gasteiger partial charge in [-0.25, -0.2) is 0 Å². The molecule has 20 aromatic rings. The first-order valence-corrected chi connectivity index (χ1v) is 35.8. The Morgan fingerprint density at radius 3 is 0.469 bits per heavy atom. The summed E-state index contributed by atoms with van der Waals surface area (Å²) < 4.78 is 0. The van der Waals surface area contributed by atoms with Crippen molar-refractivity contribution >= 4 is 183 Å². The summed E-state index contributed by atoms with van der Waals surface area (Å²) in [5.41, 5.74) is 18.8. The van der Waals surface area contributed by atoms with Crippen LogP contribution in [0.4, 0.5) is 0 Å². The summed E-state index contributed by atoms with van der Waals surface area (Å²) in [5.74, 6) is 0. The Labute approximate surface area is 563 Å². The predicted octanol–water partition coefficient (Wildman–Crippen LogP) is 28.6. The van der Waals surface area contributed by atoms with Crippen molar-refractivity contribution in [3.05, 3.63) is 177 Å². The van der Waals surface area contributed by atoms with Crippen molar-refractivity contribution in [3.8, 4) is 22.3 Å². The Hall–Kier alpha value is -8.84. The lowest BCUT2D eigenvalue weighted by atomic mass is 9.70. The Kier molecular flexibility index (Phi) is 10.2. The highest BCUT2D eigenvalue weighted by Gasteiger charge is 2.38. The van der Waals surface area contributed by atoms with Crippen LogP contribution in [0.5, 0.6) is 0 Å². The van der Waals surface area contributed by atoms with E-state index in [1.165, 1.54) is 261 Å². The highest BCUT2D eigenvalue weighted by Crippen LogP contribution is 2.65. The molecule has 0 fully saturated rings. The average Bonchev–Trinajstić information content (AvgIpc) is 0.635. The molecule has 0 unspecified atom stereocenters. The van der Waals surface area contributed by atoms with Gasteiger partial charge < -0.3 is 0 Å². The van der Waals surface area contributed by atoms with Crippen LogP contribution in [0.25, 0.3) is 205 Å². The molecule has 20 rings (SSSR count). The second-order valence-electron chi connectivity index (χ2n) is 36.9. The van der Waals surface area contributed by atoms with E-state index in [4.69, 9.17) is 0 Å². The molecular weight excluding hydrogens is 1150 g/mol. The van der Waals surface area contributed by atoms with Gasteiger partial charge in [-0.2, -0.15) is 0 Å². The first-order valence-electron chi connectivity index (χ1n) is 35.8. The lowest BCUT2D eigenvalue weighted by Gasteiger charge is -2.33. The van der Waals surface area contributed by atoms with Crippen LogP contribution >= 0.6 is 0 Å². The van der Waals surface area contributed by atoms with Gasteiger partial charge in [0.25, 0.3) is 0 Å². The summed E-state index contributed by atoms with van der Waals surface area (Å²) in [6, 6.07) is 51.8. The van der Waals surface area contributed by atoms with Gasteiger partial charge in [0.05, 0.1) is 0 Å². The lowest BCUT2D eigenvalue weighted by molar-refractivity contribution is 0.589. The van der Waals surface area contributed by atoms with Gasteiger partial charge in [-0.1, -0.05) is 197 Å². The fourth-order valence-corrected chi connectivity index (χ4v) is 20.0. The molecule has 0 radical (unpaired) electrons. The third kappa shape index (κ3) is 6.74. The van der Waals surface area contributed by atoms with E-state index in [0.29, 0.717) is 0 Å². The van der Waals surface area contributed by atoms with Crippen molar-refractivity contribution < 1.29 is 0 Å². The molecule has 0 amide bonds. The van der Waals surface area contributed by atoms with Crippen LogP contribution in [0.3, 0.4) is 0 Å². The first kappa shape index (κ1) is 57.4. The molecule has 0 bridgehead atoms. The van der Waals surface area contributed by atoms with Gasteiger partial charge in [-0.05, 0) is 370 Å². The number of aryl methyl sites for hydroxylation is 4. The minimum atomic E-state index is -0.118. The maximum absolute atomic E-state index is 2.64. The molecular formula is C96H86. The third-order valence-corrected chi connectivity index (χ3v) is 24.7. The quantitative estimate of drug-likeness (QED) is 0.120. The first-order chi connectivity index (χ1) is 45.1. The van der Waals surface area contributed by atoms with E-state index in [0.717, 1.165) is 0 Å². The molecule has 0 aromatic heterocycles.